The van der Waals surface area contributed by atoms with E-state index < -0.39 is 0 Å². The molecule has 4 heteroatoms. The molecule has 0 aromatic heterocycles. The van der Waals surface area contributed by atoms with Gasteiger partial charge in [0.25, 0.3) is 0 Å². The van der Waals surface area contributed by atoms with E-state index in [1.165, 1.54) is 63.0 Å². The van der Waals surface area contributed by atoms with Gasteiger partial charge in [0, 0.05) is 23.9 Å². The van der Waals surface area contributed by atoms with Gasteiger partial charge in [-0.25, -0.2) is 0 Å². The fraction of sp³-hybridized carbons (Fsp3) is 0.375. The first-order valence-electron chi connectivity index (χ1n) is 13.4. The maximum absolute atomic E-state index is 13.4. The SMILES string of the molecule is CCCCCC1CCC(c2ccc(-c3ccc4c(c3)C(=O)c3c(NC)ccc(O)c3C4=O)cc2)CC1. The van der Waals surface area contributed by atoms with Crippen LogP contribution in [0.2, 0.25) is 0 Å². The number of benzene rings is 3. The lowest BCUT2D eigenvalue weighted by molar-refractivity contribution is 0.0977. The quantitative estimate of drug-likeness (QED) is 0.209. The van der Waals surface area contributed by atoms with Gasteiger partial charge in [0.1, 0.15) is 5.75 Å². The van der Waals surface area contributed by atoms with Gasteiger partial charge in [-0.05, 0) is 78.5 Å². The van der Waals surface area contributed by atoms with Crippen LogP contribution >= 0.6 is 0 Å². The third-order valence-electron chi connectivity index (χ3n) is 8.19. The number of phenols is 1. The average Bonchev–Trinajstić information content (AvgIpc) is 2.92. The Labute approximate surface area is 213 Å². The van der Waals surface area contributed by atoms with E-state index in [0.29, 0.717) is 22.7 Å². The second-order valence-corrected chi connectivity index (χ2v) is 10.4. The Kier molecular flexibility index (Phi) is 6.95. The molecule has 0 bridgehead atoms. The minimum atomic E-state index is -0.318. The monoisotopic (exact) mass is 481 g/mol. The topological polar surface area (TPSA) is 66.4 Å². The third-order valence-corrected chi connectivity index (χ3v) is 8.19. The number of carbonyl (C=O) groups is 2. The molecule has 0 unspecified atom stereocenters. The van der Waals surface area contributed by atoms with Crippen molar-refractivity contribution in [1.82, 2.24) is 0 Å². The van der Waals surface area contributed by atoms with Crippen molar-refractivity contribution >= 4 is 17.3 Å². The van der Waals surface area contributed by atoms with E-state index in [0.717, 1.165) is 17.0 Å². The number of nitrogens with one attached hydrogen (secondary N) is 1. The van der Waals surface area contributed by atoms with Gasteiger partial charge >= 0.3 is 0 Å². The lowest BCUT2D eigenvalue weighted by atomic mass is 9.77. The number of unbranched alkanes of at least 4 members (excludes halogenated alkanes) is 2. The molecule has 5 rings (SSSR count). The number of fused-ring (bicyclic) bond motifs is 2. The molecule has 4 nitrogen and oxygen atoms in total. The van der Waals surface area contributed by atoms with Gasteiger partial charge in [0.15, 0.2) is 11.6 Å². The summed E-state index contributed by atoms with van der Waals surface area (Å²) in [5, 5.41) is 13.3. The normalized spacial score (nSPS) is 19.1. The number of anilines is 1. The van der Waals surface area contributed by atoms with E-state index in [1.807, 2.05) is 12.1 Å². The summed E-state index contributed by atoms with van der Waals surface area (Å²) in [6, 6.07) is 17.3. The van der Waals surface area contributed by atoms with Crippen LogP contribution in [0, 0.1) is 5.92 Å². The first-order chi connectivity index (χ1) is 17.5. The van der Waals surface area contributed by atoms with E-state index in [-0.39, 0.29) is 28.4 Å². The summed E-state index contributed by atoms with van der Waals surface area (Å²) >= 11 is 0. The van der Waals surface area contributed by atoms with Crippen LogP contribution in [0.3, 0.4) is 0 Å². The van der Waals surface area contributed by atoms with Crippen molar-refractivity contribution in [3.8, 4) is 16.9 Å². The molecule has 0 radical (unpaired) electrons. The van der Waals surface area contributed by atoms with E-state index in [4.69, 9.17) is 0 Å². The first-order valence-corrected chi connectivity index (χ1v) is 13.4. The molecule has 186 valence electrons. The van der Waals surface area contributed by atoms with E-state index in [2.05, 4.69) is 36.5 Å². The van der Waals surface area contributed by atoms with Gasteiger partial charge in [-0.1, -0.05) is 62.9 Å². The van der Waals surface area contributed by atoms with Crippen molar-refractivity contribution in [3.63, 3.8) is 0 Å². The molecule has 0 atom stereocenters. The van der Waals surface area contributed by atoms with Crippen LogP contribution in [0.15, 0.2) is 54.6 Å². The molecule has 3 aromatic rings. The van der Waals surface area contributed by atoms with Crippen LogP contribution in [-0.4, -0.2) is 23.7 Å². The Morgan fingerprint density at radius 2 is 1.50 bits per heavy atom. The molecule has 2 aliphatic carbocycles. The third kappa shape index (κ3) is 4.45. The standard InChI is InChI=1S/C32H35NO3/c1-3-4-5-6-20-7-9-21(10-8-20)22-11-13-23(14-12-22)24-15-16-25-26(19-24)32(36)29-27(33-2)17-18-28(34)30(29)31(25)35/h11-21,33-34H,3-10H2,1-2H3. The van der Waals surface area contributed by atoms with Crippen molar-refractivity contribution in [2.75, 3.05) is 12.4 Å². The average molecular weight is 482 g/mol. The highest BCUT2D eigenvalue weighted by atomic mass is 16.3. The number of hydrogen-bond acceptors (Lipinski definition) is 4. The van der Waals surface area contributed by atoms with Crippen LogP contribution in [0.25, 0.3) is 11.1 Å². The van der Waals surface area contributed by atoms with Crippen molar-refractivity contribution in [1.29, 1.82) is 0 Å². The summed E-state index contributed by atoms with van der Waals surface area (Å²) in [6.07, 6.45) is 10.6. The predicted molar refractivity (Wildman–Crippen MR) is 145 cm³/mol. The molecule has 1 fully saturated rings. The molecule has 2 aliphatic rings. The molecule has 0 saturated heterocycles. The molecule has 0 aliphatic heterocycles. The zero-order valence-electron chi connectivity index (χ0n) is 21.3. The van der Waals surface area contributed by atoms with Gasteiger partial charge in [-0.3, -0.25) is 9.59 Å². The Morgan fingerprint density at radius 3 is 2.19 bits per heavy atom. The Hall–Kier alpha value is -3.40. The molecule has 0 spiro atoms. The van der Waals surface area contributed by atoms with Crippen molar-refractivity contribution in [3.05, 3.63) is 82.4 Å². The number of aromatic hydroxyl groups is 1. The second kappa shape index (κ2) is 10.3. The summed E-state index contributed by atoms with van der Waals surface area (Å²) in [7, 11) is 1.71. The van der Waals surface area contributed by atoms with Crippen LogP contribution in [0.1, 0.15) is 102 Å². The maximum Gasteiger partial charge on any atom is 0.198 e. The number of ketones is 2. The van der Waals surface area contributed by atoms with Crippen LogP contribution in [-0.2, 0) is 0 Å². The summed E-state index contributed by atoms with van der Waals surface area (Å²) in [5.74, 6) is 0.810. The summed E-state index contributed by atoms with van der Waals surface area (Å²) in [6.45, 7) is 2.27. The van der Waals surface area contributed by atoms with Gasteiger partial charge in [-0.15, -0.1) is 0 Å². The van der Waals surface area contributed by atoms with Crippen LogP contribution in [0.5, 0.6) is 5.75 Å². The molecule has 0 amide bonds. The fourth-order valence-corrected chi connectivity index (χ4v) is 6.06. The Balaban J connectivity index is 1.35. The number of rotatable bonds is 7. The summed E-state index contributed by atoms with van der Waals surface area (Å²) in [5.41, 5.74) is 4.94. The Morgan fingerprint density at radius 1 is 0.806 bits per heavy atom. The molecular weight excluding hydrogens is 446 g/mol. The van der Waals surface area contributed by atoms with Crippen LogP contribution in [0.4, 0.5) is 5.69 Å². The maximum atomic E-state index is 13.4. The highest BCUT2D eigenvalue weighted by molar-refractivity contribution is 6.31. The molecular formula is C32H35NO3. The lowest BCUT2D eigenvalue weighted by Gasteiger charge is -2.29. The van der Waals surface area contributed by atoms with E-state index in [9.17, 15) is 14.7 Å². The molecule has 0 heterocycles. The van der Waals surface area contributed by atoms with Crippen molar-refractivity contribution in [2.45, 2.75) is 64.2 Å². The molecule has 3 aromatic carbocycles. The highest BCUT2D eigenvalue weighted by Gasteiger charge is 2.34. The molecule has 1 saturated carbocycles. The van der Waals surface area contributed by atoms with Gasteiger partial charge in [0.2, 0.25) is 0 Å². The first kappa shape index (κ1) is 24.3. The zero-order chi connectivity index (χ0) is 25.2. The smallest absolute Gasteiger partial charge is 0.198 e. The number of carbonyl (C=O) groups excluding carboxylic acids is 2. The van der Waals surface area contributed by atoms with E-state index in [1.54, 1.807) is 19.2 Å². The number of hydrogen-bond donors (Lipinski definition) is 2. The highest BCUT2D eigenvalue weighted by Crippen LogP contribution is 2.40. The second-order valence-electron chi connectivity index (χ2n) is 10.4. The minimum absolute atomic E-state index is 0.0801. The van der Waals surface area contributed by atoms with Gasteiger partial charge < -0.3 is 10.4 Å². The van der Waals surface area contributed by atoms with Crippen molar-refractivity contribution in [2.24, 2.45) is 5.92 Å². The predicted octanol–water partition coefficient (Wildman–Crippen LogP) is 7.73. The summed E-state index contributed by atoms with van der Waals surface area (Å²) in [4.78, 5) is 26.6. The van der Waals surface area contributed by atoms with Crippen molar-refractivity contribution < 1.29 is 14.7 Å². The number of phenolic OH excluding ortho intramolecular Hbond substituents is 1. The van der Waals surface area contributed by atoms with Gasteiger partial charge in [-0.2, -0.15) is 0 Å². The molecule has 36 heavy (non-hydrogen) atoms. The largest absolute Gasteiger partial charge is 0.507 e. The van der Waals surface area contributed by atoms with Gasteiger partial charge in [0.05, 0.1) is 11.1 Å². The zero-order valence-corrected chi connectivity index (χ0v) is 21.3. The van der Waals surface area contributed by atoms with Crippen LogP contribution < -0.4 is 5.32 Å². The lowest BCUT2D eigenvalue weighted by Crippen LogP contribution is -2.22. The minimum Gasteiger partial charge on any atom is -0.507 e. The Bertz CT molecular complexity index is 1280. The van der Waals surface area contributed by atoms with E-state index >= 15 is 0 Å². The fourth-order valence-electron chi connectivity index (χ4n) is 6.06. The molecule has 2 N–H and O–H groups in total. The summed E-state index contributed by atoms with van der Waals surface area (Å²) < 4.78 is 0.